The molecule has 3 heteroatoms. The van der Waals surface area contributed by atoms with Gasteiger partial charge in [-0.3, -0.25) is 4.79 Å². The van der Waals surface area contributed by atoms with Gasteiger partial charge in [0.25, 0.3) is 0 Å². The highest BCUT2D eigenvalue weighted by atomic mass is 19.1. The molecule has 1 atom stereocenters. The minimum Gasteiger partial charge on any atom is -0.402 e. The van der Waals surface area contributed by atoms with Crippen LogP contribution in [-0.2, 0) is 4.79 Å². The van der Waals surface area contributed by atoms with Crippen LogP contribution in [0.25, 0.3) is 0 Å². The summed E-state index contributed by atoms with van der Waals surface area (Å²) in [6, 6.07) is 4.68. The predicted octanol–water partition coefficient (Wildman–Crippen LogP) is 2.42. The fourth-order valence-electron chi connectivity index (χ4n) is 2.20. The van der Waals surface area contributed by atoms with E-state index in [2.05, 4.69) is 0 Å². The first kappa shape index (κ1) is 10.9. The third-order valence-electron chi connectivity index (χ3n) is 2.96. The highest BCUT2D eigenvalue weighted by molar-refractivity contribution is 5.91. The molecule has 1 aromatic rings. The van der Waals surface area contributed by atoms with E-state index in [0.29, 0.717) is 18.5 Å². The first-order valence-electron chi connectivity index (χ1n) is 5.31. The van der Waals surface area contributed by atoms with Gasteiger partial charge in [-0.05, 0) is 48.6 Å². The number of carbonyl (C=O) groups is 1. The first-order chi connectivity index (χ1) is 7.56. The Balaban J connectivity index is 2.35. The Hall–Kier alpha value is -1.64. The van der Waals surface area contributed by atoms with Crippen LogP contribution in [0.1, 0.15) is 29.9 Å². The minimum atomic E-state index is -0.263. The molecule has 84 valence electrons. The first-order valence-corrected chi connectivity index (χ1v) is 5.31. The summed E-state index contributed by atoms with van der Waals surface area (Å²) in [7, 11) is 0. The van der Waals surface area contributed by atoms with Crippen LogP contribution in [0.15, 0.2) is 30.0 Å². The summed E-state index contributed by atoms with van der Waals surface area (Å²) in [5, 5.41) is 0. The normalized spacial score (nSPS) is 20.8. The van der Waals surface area contributed by atoms with Gasteiger partial charge in [-0.1, -0.05) is 6.07 Å². The zero-order valence-electron chi connectivity index (χ0n) is 9.16. The summed E-state index contributed by atoms with van der Waals surface area (Å²) in [5.74, 6) is -0.216. The van der Waals surface area contributed by atoms with E-state index in [4.69, 9.17) is 5.73 Å². The molecule has 0 aromatic heterocycles. The Morgan fingerprint density at radius 3 is 2.81 bits per heavy atom. The van der Waals surface area contributed by atoms with Crippen molar-refractivity contribution in [3.05, 3.63) is 46.9 Å². The smallest absolute Gasteiger partial charge is 0.158 e. The zero-order valence-corrected chi connectivity index (χ0v) is 9.16. The van der Waals surface area contributed by atoms with Crippen LogP contribution in [0.4, 0.5) is 4.39 Å². The molecule has 0 saturated heterocycles. The van der Waals surface area contributed by atoms with Crippen molar-refractivity contribution in [3.8, 4) is 0 Å². The molecule has 1 aliphatic rings. The summed E-state index contributed by atoms with van der Waals surface area (Å²) in [4.78, 5) is 11.4. The molecule has 0 bridgehead atoms. The monoisotopic (exact) mass is 219 g/mol. The lowest BCUT2D eigenvalue weighted by Crippen LogP contribution is -2.17. The number of hydrogen-bond acceptors (Lipinski definition) is 2. The van der Waals surface area contributed by atoms with Crippen molar-refractivity contribution in [2.75, 3.05) is 0 Å². The van der Waals surface area contributed by atoms with Crippen molar-refractivity contribution < 1.29 is 9.18 Å². The van der Waals surface area contributed by atoms with E-state index in [1.165, 1.54) is 18.2 Å². The standard InChI is InChI=1S/C13H14FNO/c1-8-2-3-10(14)6-13(8)9-4-11(15)7-12(16)5-9/h2-3,6-7,9H,4-5,15H2,1H3/t9-/m1/s1. The summed E-state index contributed by atoms with van der Waals surface area (Å²) >= 11 is 0. The van der Waals surface area contributed by atoms with E-state index >= 15 is 0 Å². The van der Waals surface area contributed by atoms with Gasteiger partial charge in [-0.25, -0.2) is 4.39 Å². The van der Waals surface area contributed by atoms with E-state index in [9.17, 15) is 9.18 Å². The van der Waals surface area contributed by atoms with Gasteiger partial charge in [-0.15, -0.1) is 0 Å². The minimum absolute atomic E-state index is 0.0215. The number of ketones is 1. The zero-order chi connectivity index (χ0) is 11.7. The molecule has 2 nitrogen and oxygen atoms in total. The molecule has 2 N–H and O–H groups in total. The van der Waals surface area contributed by atoms with Gasteiger partial charge < -0.3 is 5.73 Å². The van der Waals surface area contributed by atoms with Crippen LogP contribution in [0.5, 0.6) is 0 Å². The molecule has 0 heterocycles. The molecule has 0 fully saturated rings. The van der Waals surface area contributed by atoms with Crippen LogP contribution in [-0.4, -0.2) is 5.78 Å². The Morgan fingerprint density at radius 1 is 1.38 bits per heavy atom. The number of rotatable bonds is 1. The van der Waals surface area contributed by atoms with Crippen LogP contribution in [0, 0.1) is 12.7 Å². The number of aryl methyl sites for hydroxylation is 1. The van der Waals surface area contributed by atoms with Crippen molar-refractivity contribution in [1.82, 2.24) is 0 Å². The number of carbonyl (C=O) groups excluding carboxylic acids is 1. The van der Waals surface area contributed by atoms with Gasteiger partial charge in [0.05, 0.1) is 0 Å². The van der Waals surface area contributed by atoms with Crippen molar-refractivity contribution in [2.45, 2.75) is 25.7 Å². The number of benzene rings is 1. The lowest BCUT2D eigenvalue weighted by Gasteiger charge is -2.22. The van der Waals surface area contributed by atoms with E-state index < -0.39 is 0 Å². The van der Waals surface area contributed by atoms with Crippen LogP contribution >= 0.6 is 0 Å². The molecule has 0 amide bonds. The van der Waals surface area contributed by atoms with Crippen molar-refractivity contribution in [3.63, 3.8) is 0 Å². The maximum absolute atomic E-state index is 13.2. The molecule has 2 rings (SSSR count). The Labute approximate surface area is 94.0 Å². The lowest BCUT2D eigenvalue weighted by molar-refractivity contribution is -0.115. The summed E-state index contributed by atoms with van der Waals surface area (Å²) in [6.07, 6.45) is 2.53. The van der Waals surface area contributed by atoms with Gasteiger partial charge in [0.2, 0.25) is 0 Å². The predicted molar refractivity (Wildman–Crippen MR) is 60.4 cm³/mol. The van der Waals surface area contributed by atoms with Crippen molar-refractivity contribution >= 4 is 5.78 Å². The van der Waals surface area contributed by atoms with Crippen LogP contribution < -0.4 is 5.73 Å². The molecule has 0 saturated carbocycles. The summed E-state index contributed by atoms with van der Waals surface area (Å²) < 4.78 is 13.2. The maximum atomic E-state index is 13.2. The van der Waals surface area contributed by atoms with E-state index in [1.54, 1.807) is 6.07 Å². The topological polar surface area (TPSA) is 43.1 Å². The second-order valence-corrected chi connectivity index (χ2v) is 4.29. The SMILES string of the molecule is Cc1ccc(F)cc1[C@H]1CC(=O)C=C(N)C1. The molecule has 0 aliphatic heterocycles. The van der Waals surface area contributed by atoms with Gasteiger partial charge in [-0.2, -0.15) is 0 Å². The van der Waals surface area contributed by atoms with E-state index in [1.807, 2.05) is 6.92 Å². The number of allylic oxidation sites excluding steroid dienone is 2. The number of hydrogen-bond donors (Lipinski definition) is 1. The molecule has 16 heavy (non-hydrogen) atoms. The number of halogens is 1. The second kappa shape index (κ2) is 4.08. The highest BCUT2D eigenvalue weighted by Gasteiger charge is 2.22. The fraction of sp³-hybridized carbons (Fsp3) is 0.308. The second-order valence-electron chi connectivity index (χ2n) is 4.29. The highest BCUT2D eigenvalue weighted by Crippen LogP contribution is 2.31. The quantitative estimate of drug-likeness (QED) is 0.788. The maximum Gasteiger partial charge on any atom is 0.158 e. The van der Waals surface area contributed by atoms with Gasteiger partial charge >= 0.3 is 0 Å². The fourth-order valence-corrected chi connectivity index (χ4v) is 2.20. The van der Waals surface area contributed by atoms with Gasteiger partial charge in [0, 0.05) is 12.1 Å². The Bertz CT molecular complexity index is 465. The third-order valence-corrected chi connectivity index (χ3v) is 2.96. The molecule has 0 radical (unpaired) electrons. The molecule has 1 aromatic carbocycles. The van der Waals surface area contributed by atoms with E-state index in [-0.39, 0.29) is 17.5 Å². The third kappa shape index (κ3) is 2.13. The van der Waals surface area contributed by atoms with Gasteiger partial charge in [0.15, 0.2) is 5.78 Å². The average molecular weight is 219 g/mol. The molecule has 1 aliphatic carbocycles. The van der Waals surface area contributed by atoms with Crippen molar-refractivity contribution in [1.29, 1.82) is 0 Å². The largest absolute Gasteiger partial charge is 0.402 e. The van der Waals surface area contributed by atoms with E-state index in [0.717, 1.165) is 11.1 Å². The molecule has 0 unspecified atom stereocenters. The van der Waals surface area contributed by atoms with Gasteiger partial charge in [0.1, 0.15) is 5.82 Å². The lowest BCUT2D eigenvalue weighted by atomic mass is 9.83. The summed E-state index contributed by atoms with van der Waals surface area (Å²) in [5.41, 5.74) is 8.18. The molecule has 0 spiro atoms. The van der Waals surface area contributed by atoms with Crippen molar-refractivity contribution in [2.24, 2.45) is 5.73 Å². The molecular weight excluding hydrogens is 205 g/mol. The van der Waals surface area contributed by atoms with Crippen LogP contribution in [0.3, 0.4) is 0 Å². The molecular formula is C13H14FNO. The Kier molecular flexibility index (Phi) is 2.77. The summed E-state index contributed by atoms with van der Waals surface area (Å²) in [6.45, 7) is 1.92. The Morgan fingerprint density at radius 2 is 2.12 bits per heavy atom. The average Bonchev–Trinajstić information content (AvgIpc) is 2.20. The van der Waals surface area contributed by atoms with Crippen LogP contribution in [0.2, 0.25) is 0 Å². The number of nitrogens with two attached hydrogens (primary N) is 1.